The largest absolute Gasteiger partial charge is 0.469 e. The lowest BCUT2D eigenvalue weighted by Gasteiger charge is -2.13. The number of rotatable bonds is 7. The second-order valence-corrected chi connectivity index (χ2v) is 8.91. The molecule has 0 radical (unpaired) electrons. The Balaban J connectivity index is 1.67. The Bertz CT molecular complexity index is 1280. The van der Waals surface area contributed by atoms with Crippen LogP contribution in [0, 0.1) is 0 Å². The lowest BCUT2D eigenvalue weighted by Crippen LogP contribution is -2.23. The number of thioether (sulfide) groups is 1. The minimum atomic E-state index is -0.774. The van der Waals surface area contributed by atoms with E-state index in [9.17, 15) is 14.4 Å². The normalized spacial score (nSPS) is 11.9. The average molecular weight is 451 g/mol. The fraction of sp³-hybridized carbons (Fsp3) is 0.130. The first-order chi connectivity index (χ1) is 15.0. The predicted octanol–water partition coefficient (Wildman–Crippen LogP) is 4.56. The second kappa shape index (κ2) is 9.28. The maximum Gasteiger partial charge on any atom is 0.307 e. The van der Waals surface area contributed by atoms with Crippen LogP contribution in [0.2, 0.25) is 0 Å². The van der Waals surface area contributed by atoms with Gasteiger partial charge in [-0.1, -0.05) is 72.4 Å². The number of benzene rings is 2. The summed E-state index contributed by atoms with van der Waals surface area (Å²) in [4.78, 5) is 46.4. The van der Waals surface area contributed by atoms with Gasteiger partial charge in [0.1, 0.15) is 4.83 Å². The number of carbonyl (C=O) groups is 2. The fourth-order valence-corrected chi connectivity index (χ4v) is 5.18. The van der Waals surface area contributed by atoms with Crippen LogP contribution in [0.15, 0.2) is 76.7 Å². The van der Waals surface area contributed by atoms with E-state index in [1.165, 1.54) is 18.4 Å². The van der Waals surface area contributed by atoms with Crippen molar-refractivity contribution in [1.29, 1.82) is 0 Å². The van der Waals surface area contributed by atoms with Crippen LogP contribution >= 0.6 is 23.1 Å². The van der Waals surface area contributed by atoms with Crippen molar-refractivity contribution in [3.05, 3.63) is 82.6 Å². The van der Waals surface area contributed by atoms with Gasteiger partial charge in [0.2, 0.25) is 0 Å². The molecule has 2 heterocycles. The molecule has 156 valence electrons. The smallest absolute Gasteiger partial charge is 0.307 e. The third-order valence-electron chi connectivity index (χ3n) is 4.62. The molecule has 2 aromatic heterocycles. The van der Waals surface area contributed by atoms with Gasteiger partial charge in [-0.3, -0.25) is 14.4 Å². The Hall–Kier alpha value is -3.23. The van der Waals surface area contributed by atoms with E-state index in [0.717, 1.165) is 22.2 Å². The van der Waals surface area contributed by atoms with Gasteiger partial charge >= 0.3 is 5.97 Å². The van der Waals surface area contributed by atoms with Gasteiger partial charge in [0.05, 0.1) is 24.2 Å². The SMILES string of the molecule is COC(=O)CC(Sc1nc2sc(-c3ccccc3)cc2c(=O)[nH]1)C(=O)c1ccccc1. The number of ether oxygens (including phenoxy) is 1. The number of hydrogen-bond donors (Lipinski definition) is 1. The molecule has 0 aliphatic heterocycles. The maximum atomic E-state index is 13.0. The molecule has 1 unspecified atom stereocenters. The van der Waals surface area contributed by atoms with Gasteiger partial charge in [-0.25, -0.2) is 4.98 Å². The Morgan fingerprint density at radius 2 is 1.77 bits per heavy atom. The zero-order valence-corrected chi connectivity index (χ0v) is 18.2. The quantitative estimate of drug-likeness (QED) is 0.192. The lowest BCUT2D eigenvalue weighted by atomic mass is 10.1. The number of aromatic amines is 1. The van der Waals surface area contributed by atoms with Crippen LogP contribution in [-0.2, 0) is 9.53 Å². The van der Waals surface area contributed by atoms with Gasteiger partial charge < -0.3 is 9.72 Å². The highest BCUT2D eigenvalue weighted by Gasteiger charge is 2.26. The third kappa shape index (κ3) is 4.76. The molecular weight excluding hydrogens is 432 g/mol. The minimum absolute atomic E-state index is 0.129. The number of aromatic nitrogens is 2. The van der Waals surface area contributed by atoms with E-state index in [1.54, 1.807) is 24.3 Å². The number of methoxy groups -OCH3 is 1. The summed E-state index contributed by atoms with van der Waals surface area (Å²) in [5.41, 5.74) is 1.20. The zero-order valence-electron chi connectivity index (χ0n) is 16.5. The van der Waals surface area contributed by atoms with E-state index in [2.05, 4.69) is 9.97 Å². The molecule has 0 aliphatic carbocycles. The van der Waals surface area contributed by atoms with Crippen molar-refractivity contribution >= 4 is 45.1 Å². The van der Waals surface area contributed by atoms with Crippen molar-refractivity contribution in [2.24, 2.45) is 0 Å². The molecule has 0 aliphatic rings. The van der Waals surface area contributed by atoms with Gasteiger partial charge in [-0.05, 0) is 11.6 Å². The molecule has 31 heavy (non-hydrogen) atoms. The number of fused-ring (bicyclic) bond motifs is 1. The first-order valence-electron chi connectivity index (χ1n) is 9.47. The highest BCUT2D eigenvalue weighted by Crippen LogP contribution is 2.32. The first kappa shape index (κ1) is 21.0. The molecule has 0 saturated heterocycles. The lowest BCUT2D eigenvalue weighted by molar-refractivity contribution is -0.140. The Kier molecular flexibility index (Phi) is 6.29. The number of Topliss-reactive ketones (excluding diaryl/α,β-unsaturated/α-hetero) is 1. The molecular formula is C23H18N2O4S2. The summed E-state index contributed by atoms with van der Waals surface area (Å²) in [5.74, 6) is -0.734. The summed E-state index contributed by atoms with van der Waals surface area (Å²) in [6.07, 6.45) is -0.129. The molecule has 0 saturated carbocycles. The fourth-order valence-electron chi connectivity index (χ4n) is 3.06. The number of nitrogens with zero attached hydrogens (tertiary/aromatic N) is 1. The highest BCUT2D eigenvalue weighted by atomic mass is 32.2. The number of hydrogen-bond acceptors (Lipinski definition) is 7. The summed E-state index contributed by atoms with van der Waals surface area (Å²) in [7, 11) is 1.28. The van der Waals surface area contributed by atoms with Crippen LogP contribution in [0.1, 0.15) is 16.8 Å². The molecule has 6 nitrogen and oxygen atoms in total. The second-order valence-electron chi connectivity index (χ2n) is 6.68. The number of thiophene rings is 1. The molecule has 0 spiro atoms. The van der Waals surface area contributed by atoms with Crippen LogP contribution in [-0.4, -0.2) is 34.1 Å². The first-order valence-corrected chi connectivity index (χ1v) is 11.2. The average Bonchev–Trinajstić information content (AvgIpc) is 3.24. The molecule has 1 N–H and O–H groups in total. The van der Waals surface area contributed by atoms with Gasteiger partial charge in [0.25, 0.3) is 5.56 Å². The zero-order chi connectivity index (χ0) is 21.8. The summed E-state index contributed by atoms with van der Waals surface area (Å²) >= 11 is 2.47. The van der Waals surface area contributed by atoms with Crippen LogP contribution < -0.4 is 5.56 Å². The van der Waals surface area contributed by atoms with Crippen molar-refractivity contribution in [3.8, 4) is 10.4 Å². The standard InChI is InChI=1S/C23H18N2O4S2/c1-29-19(26)13-18(20(27)15-10-6-3-7-11-15)31-23-24-21(28)16-12-17(30-22(16)25-23)14-8-4-2-5-9-14/h2-12,18H,13H2,1H3,(H,24,25,28). The third-order valence-corrected chi connectivity index (χ3v) is 6.78. The van der Waals surface area contributed by atoms with E-state index < -0.39 is 11.2 Å². The van der Waals surface area contributed by atoms with Crippen molar-refractivity contribution in [2.75, 3.05) is 7.11 Å². The number of ketones is 1. The Morgan fingerprint density at radius 1 is 1.10 bits per heavy atom. The van der Waals surface area contributed by atoms with Crippen molar-refractivity contribution in [3.63, 3.8) is 0 Å². The predicted molar refractivity (Wildman–Crippen MR) is 123 cm³/mol. The molecule has 2 aromatic carbocycles. The minimum Gasteiger partial charge on any atom is -0.469 e. The van der Waals surface area contributed by atoms with Crippen LogP contribution in [0.25, 0.3) is 20.7 Å². The Morgan fingerprint density at radius 3 is 2.45 bits per heavy atom. The number of nitrogens with one attached hydrogen (secondary N) is 1. The molecule has 8 heteroatoms. The number of esters is 1. The van der Waals surface area contributed by atoms with Crippen molar-refractivity contribution in [2.45, 2.75) is 16.8 Å². The summed E-state index contributed by atoms with van der Waals surface area (Å²) in [6.45, 7) is 0. The molecule has 0 amide bonds. The van der Waals surface area contributed by atoms with E-state index in [1.807, 2.05) is 42.5 Å². The molecule has 0 fully saturated rings. The molecule has 1 atom stereocenters. The van der Waals surface area contributed by atoms with E-state index >= 15 is 0 Å². The van der Waals surface area contributed by atoms with E-state index in [4.69, 9.17) is 4.74 Å². The van der Waals surface area contributed by atoms with Crippen LogP contribution in [0.3, 0.4) is 0 Å². The van der Waals surface area contributed by atoms with Gasteiger partial charge in [-0.2, -0.15) is 0 Å². The molecule has 0 bridgehead atoms. The number of H-pyrrole nitrogens is 1. The Labute approximate surface area is 186 Å². The van der Waals surface area contributed by atoms with E-state index in [0.29, 0.717) is 15.8 Å². The van der Waals surface area contributed by atoms with Crippen molar-refractivity contribution < 1.29 is 14.3 Å². The van der Waals surface area contributed by atoms with Crippen molar-refractivity contribution in [1.82, 2.24) is 9.97 Å². The highest BCUT2D eigenvalue weighted by molar-refractivity contribution is 8.00. The van der Waals surface area contributed by atoms with Gasteiger partial charge in [0, 0.05) is 10.4 Å². The van der Waals surface area contributed by atoms with Gasteiger partial charge in [0.15, 0.2) is 10.9 Å². The van der Waals surface area contributed by atoms with Gasteiger partial charge in [-0.15, -0.1) is 11.3 Å². The van der Waals surface area contributed by atoms with Crippen LogP contribution in [0.5, 0.6) is 0 Å². The number of carbonyl (C=O) groups excluding carboxylic acids is 2. The molecule has 4 aromatic rings. The van der Waals surface area contributed by atoms with Crippen LogP contribution in [0.4, 0.5) is 0 Å². The summed E-state index contributed by atoms with van der Waals surface area (Å²) in [5, 5.41) is 0.00765. The summed E-state index contributed by atoms with van der Waals surface area (Å²) < 4.78 is 4.76. The van der Waals surface area contributed by atoms with E-state index in [-0.39, 0.29) is 22.9 Å². The summed E-state index contributed by atoms with van der Waals surface area (Å²) in [6, 6.07) is 20.3. The monoisotopic (exact) mass is 450 g/mol. The maximum absolute atomic E-state index is 13.0. The topological polar surface area (TPSA) is 89.1 Å². The molecule has 4 rings (SSSR count).